The van der Waals surface area contributed by atoms with Gasteiger partial charge in [0.1, 0.15) is 29.6 Å². The minimum atomic E-state index is 0.180. The van der Waals surface area contributed by atoms with Gasteiger partial charge in [-0.15, -0.1) is 11.6 Å². The van der Waals surface area contributed by atoms with Crippen LogP contribution < -0.4 is 15.5 Å². The molecule has 3 aromatic carbocycles. The summed E-state index contributed by atoms with van der Waals surface area (Å²) in [5.41, 5.74) is 10.9. The van der Waals surface area contributed by atoms with Crippen LogP contribution in [-0.4, -0.2) is 75.7 Å². The summed E-state index contributed by atoms with van der Waals surface area (Å²) >= 11 is 5.90. The van der Waals surface area contributed by atoms with Crippen molar-refractivity contribution in [2.75, 3.05) is 31.9 Å². The average molecular weight is 631 g/mol. The van der Waals surface area contributed by atoms with E-state index in [4.69, 9.17) is 21.3 Å². The number of allylic oxidation sites excluding steroid dienone is 1. The van der Waals surface area contributed by atoms with E-state index in [1.807, 2.05) is 16.8 Å². The van der Waals surface area contributed by atoms with Crippen molar-refractivity contribution in [3.8, 4) is 11.5 Å². The molecule has 4 aromatic rings. The van der Waals surface area contributed by atoms with Crippen molar-refractivity contribution in [1.29, 1.82) is 0 Å². The molecule has 0 bridgehead atoms. The van der Waals surface area contributed by atoms with Crippen LogP contribution in [0.2, 0.25) is 0 Å². The van der Waals surface area contributed by atoms with Crippen LogP contribution in [0.4, 0.5) is 11.5 Å². The van der Waals surface area contributed by atoms with Crippen LogP contribution in [0.3, 0.4) is 0 Å². The third kappa shape index (κ3) is 5.67. The highest BCUT2D eigenvalue weighted by molar-refractivity contribution is 6.41. The zero-order chi connectivity index (χ0) is 31.6. The number of nitrogens with zero attached hydrogens (tertiary/aromatic N) is 5. The van der Waals surface area contributed by atoms with E-state index >= 15 is 0 Å². The summed E-state index contributed by atoms with van der Waals surface area (Å²) in [6, 6.07) is 28.2. The highest BCUT2D eigenvalue weighted by atomic mass is 35.5. The van der Waals surface area contributed by atoms with E-state index in [1.165, 1.54) is 5.56 Å². The number of fused-ring (bicyclic) bond motifs is 2. The molecule has 7 rings (SSSR count). The van der Waals surface area contributed by atoms with Crippen LogP contribution in [-0.2, 0) is 13.1 Å². The van der Waals surface area contributed by atoms with Gasteiger partial charge in [-0.2, -0.15) is 0 Å². The Hall–Kier alpha value is -5.22. The first-order valence-electron chi connectivity index (χ1n) is 15.1. The lowest BCUT2D eigenvalue weighted by molar-refractivity contribution is -0.561. The third-order valence-electron chi connectivity index (χ3n) is 8.22. The summed E-state index contributed by atoms with van der Waals surface area (Å²) in [4.78, 5) is 7.08. The van der Waals surface area contributed by atoms with Gasteiger partial charge >= 0.3 is 19.2 Å². The number of phenolic OH excluding ortho intramolecular Hbond substituents is 1. The normalized spacial score (nSPS) is 16.7. The summed E-state index contributed by atoms with van der Waals surface area (Å²) in [6.07, 6.45) is 6.25. The lowest BCUT2D eigenvalue weighted by Crippen LogP contribution is -2.51. The molecule has 0 saturated heterocycles. The zero-order valence-corrected chi connectivity index (χ0v) is 26.4. The number of ether oxygens (including phenoxy) is 1. The topological polar surface area (TPSA) is 80.1 Å². The predicted octanol–water partition coefficient (Wildman–Crippen LogP) is 4.95. The first-order valence-corrected chi connectivity index (χ1v) is 15.7. The number of hydrazone groups is 1. The maximum Gasteiger partial charge on any atom is 0.554 e. The van der Waals surface area contributed by atoms with Crippen molar-refractivity contribution < 1.29 is 19.1 Å². The van der Waals surface area contributed by atoms with E-state index in [9.17, 15) is 5.11 Å². The fraction of sp³-hybridized carbons (Fsp3) is 0.171. The molecule has 0 amide bonds. The number of alkyl halides is 1. The summed E-state index contributed by atoms with van der Waals surface area (Å²) in [6.45, 7) is 1.86. The number of aromatic nitrogens is 1. The molecular weight excluding hydrogens is 597 g/mol. The first kappa shape index (κ1) is 29.5. The monoisotopic (exact) mass is 630 g/mol. The maximum absolute atomic E-state index is 10.1. The van der Waals surface area contributed by atoms with E-state index < -0.39 is 0 Å². The Morgan fingerprint density at radius 2 is 1.85 bits per heavy atom. The van der Waals surface area contributed by atoms with Gasteiger partial charge in [0, 0.05) is 41.0 Å². The first-order chi connectivity index (χ1) is 22.5. The maximum atomic E-state index is 10.1. The number of hydrogen-bond acceptors (Lipinski definition) is 4. The van der Waals surface area contributed by atoms with Gasteiger partial charge in [-0.25, -0.2) is 0 Å². The molecule has 3 aliphatic rings. The Labute approximate surface area is 274 Å². The largest absolute Gasteiger partial charge is 0.554 e. The van der Waals surface area contributed by atoms with Gasteiger partial charge in [-0.05, 0) is 64.4 Å². The summed E-state index contributed by atoms with van der Waals surface area (Å²) < 4.78 is 11.9. The number of hydrogen-bond donors (Lipinski definition) is 3. The Kier molecular flexibility index (Phi) is 8.11. The highest BCUT2D eigenvalue weighted by Gasteiger charge is 2.41. The van der Waals surface area contributed by atoms with Gasteiger partial charge in [0.2, 0.25) is 6.21 Å². The Morgan fingerprint density at radius 3 is 2.61 bits per heavy atom. The van der Waals surface area contributed by atoms with Crippen LogP contribution in [0.15, 0.2) is 108 Å². The molecule has 46 heavy (non-hydrogen) atoms. The van der Waals surface area contributed by atoms with E-state index in [0.29, 0.717) is 24.7 Å². The molecule has 0 aliphatic carbocycles. The van der Waals surface area contributed by atoms with Gasteiger partial charge in [0.25, 0.3) is 0 Å². The molecule has 0 spiro atoms. The van der Waals surface area contributed by atoms with E-state index in [1.54, 1.807) is 25.3 Å². The van der Waals surface area contributed by atoms with Crippen molar-refractivity contribution >= 4 is 54.1 Å². The summed E-state index contributed by atoms with van der Waals surface area (Å²) in [5.74, 6) is 4.22. The molecule has 0 unspecified atom stereocenters. The summed E-state index contributed by atoms with van der Waals surface area (Å²) in [7, 11) is 5.79. The quantitative estimate of drug-likeness (QED) is 0.131. The molecule has 4 heterocycles. The van der Waals surface area contributed by atoms with Crippen LogP contribution in [0.25, 0.3) is 5.57 Å². The fourth-order valence-electron chi connectivity index (χ4n) is 5.88. The molecule has 1 aromatic heterocycles. The Balaban J connectivity index is 1.24. The molecule has 0 fully saturated rings. The van der Waals surface area contributed by atoms with Gasteiger partial charge in [0.05, 0.1) is 20.7 Å². The molecule has 0 saturated carbocycles. The summed E-state index contributed by atoms with van der Waals surface area (Å²) in [5, 5.41) is 13.4. The molecule has 9 nitrogen and oxygen atoms in total. The van der Waals surface area contributed by atoms with E-state index in [2.05, 4.69) is 112 Å². The number of phenols is 1. The van der Waals surface area contributed by atoms with Crippen LogP contribution in [0, 0.1) is 0 Å². The van der Waals surface area contributed by atoms with Crippen molar-refractivity contribution in [2.24, 2.45) is 4.99 Å². The number of hydrazine groups is 1. The van der Waals surface area contributed by atoms with E-state index in [0.717, 1.165) is 57.8 Å². The molecule has 1 radical (unpaired) electrons. The lowest BCUT2D eigenvalue weighted by atomic mass is 9.91. The number of rotatable bonds is 10. The number of aliphatic imine (C=N–C) groups is 1. The number of nitrogens with one attached hydrogen (secondary N) is 2. The van der Waals surface area contributed by atoms with Gasteiger partial charge in [-0.1, -0.05) is 47.9 Å². The minimum absolute atomic E-state index is 0.180. The SMILES string of the molecule is COc1ccc(O)cc1CN=C1C=CC2=C(c3ccc(NCCCl)cc3)c3ccc([N+]4=CC(=[N+](C)Cc5ccccc5)N4)n3[B]N12. The van der Waals surface area contributed by atoms with E-state index in [-0.39, 0.29) is 5.75 Å². The van der Waals surface area contributed by atoms with Crippen LogP contribution in [0.1, 0.15) is 22.4 Å². The number of methoxy groups -OCH3 is 1. The smallest absolute Gasteiger partial charge is 0.508 e. The standard InChI is InChI=1S/C35H32BClN7O2/c1-41(22-24-6-4-3-5-7-24)33-23-42(40-33)34-17-14-30-35(25-8-10-27(11-9-25)38-19-18-37)29-13-16-32(43(29)36-44(30)34)39-21-26-20-28(45)12-15-31(26)46-2/h3-17,20,23H,18-19,21-22H2,1-2H3,(H-,38,39,45)/p+2. The third-order valence-corrected chi connectivity index (χ3v) is 8.41. The number of anilines is 1. The highest BCUT2D eigenvalue weighted by Crippen LogP contribution is 2.38. The Morgan fingerprint density at radius 1 is 1.04 bits per heavy atom. The van der Waals surface area contributed by atoms with Gasteiger partial charge in [-0.3, -0.25) is 14.0 Å². The second kappa shape index (κ2) is 12.6. The predicted molar refractivity (Wildman–Crippen MR) is 184 cm³/mol. The molecule has 11 heteroatoms. The molecule has 0 atom stereocenters. The minimum Gasteiger partial charge on any atom is -0.508 e. The molecule has 229 valence electrons. The Bertz CT molecular complexity index is 1950. The molecule has 3 N–H and O–H groups in total. The zero-order valence-electron chi connectivity index (χ0n) is 25.7. The average Bonchev–Trinajstić information content (AvgIpc) is 3.66. The molecule has 3 aliphatic heterocycles. The van der Waals surface area contributed by atoms with Crippen molar-refractivity contribution in [3.63, 3.8) is 0 Å². The van der Waals surface area contributed by atoms with Crippen molar-refractivity contribution in [2.45, 2.75) is 13.1 Å². The number of aromatic hydroxyl groups is 1. The van der Waals surface area contributed by atoms with Crippen LogP contribution in [0.5, 0.6) is 11.5 Å². The number of halogens is 1. The van der Waals surface area contributed by atoms with Crippen LogP contribution >= 0.6 is 11.6 Å². The fourth-order valence-corrected chi connectivity index (χ4v) is 5.98. The molecular formula is C35H34BClN7O2+2. The number of benzene rings is 3. The van der Waals surface area contributed by atoms with Gasteiger partial charge < -0.3 is 20.0 Å². The lowest BCUT2D eigenvalue weighted by Gasteiger charge is -2.27. The van der Waals surface area contributed by atoms with Crippen molar-refractivity contribution in [3.05, 3.63) is 125 Å². The van der Waals surface area contributed by atoms with Gasteiger partial charge in [0.15, 0.2) is 0 Å². The van der Waals surface area contributed by atoms with Crippen molar-refractivity contribution in [1.82, 2.24) is 14.7 Å². The number of amidine groups is 2. The second-order valence-corrected chi connectivity index (χ2v) is 11.6. The second-order valence-electron chi connectivity index (χ2n) is 11.2.